The first kappa shape index (κ1) is 13.3. The lowest BCUT2D eigenvalue weighted by Crippen LogP contribution is -2.07. The molecule has 3 nitrogen and oxygen atoms in total. The van der Waals surface area contributed by atoms with E-state index in [1.165, 1.54) is 9.75 Å². The van der Waals surface area contributed by atoms with Crippen molar-refractivity contribution in [1.82, 2.24) is 10.2 Å². The quantitative estimate of drug-likeness (QED) is 0.753. The van der Waals surface area contributed by atoms with E-state index >= 15 is 0 Å². The predicted molar refractivity (Wildman–Crippen MR) is 85.6 cm³/mol. The lowest BCUT2D eigenvalue weighted by atomic mass is 10.2. The van der Waals surface area contributed by atoms with Crippen LogP contribution in [0.15, 0.2) is 36.4 Å². The third-order valence-electron chi connectivity index (χ3n) is 3.18. The van der Waals surface area contributed by atoms with E-state index in [2.05, 4.69) is 41.5 Å². The fourth-order valence-corrected chi connectivity index (χ4v) is 3.22. The number of aromatic nitrogens is 2. The highest BCUT2D eigenvalue weighted by atomic mass is 35.5. The smallest absolute Gasteiger partial charge is 0.159 e. The molecule has 0 aliphatic carbocycles. The fourth-order valence-electron chi connectivity index (χ4n) is 2.14. The third kappa shape index (κ3) is 2.49. The second kappa shape index (κ2) is 5.38. The molecule has 0 fully saturated rings. The average Bonchev–Trinajstić information content (AvgIpc) is 2.89. The van der Waals surface area contributed by atoms with Gasteiger partial charge in [0.2, 0.25) is 0 Å². The average molecular weight is 304 g/mol. The molecule has 3 rings (SSSR count). The van der Waals surface area contributed by atoms with Crippen molar-refractivity contribution in [3.05, 3.63) is 51.3 Å². The second-order valence-electron chi connectivity index (χ2n) is 4.70. The number of hydrogen-bond donors (Lipinski definition) is 1. The number of nitrogens with zero attached hydrogens (tertiary/aromatic N) is 2. The van der Waals surface area contributed by atoms with E-state index < -0.39 is 0 Å². The first-order chi connectivity index (χ1) is 9.65. The number of halogens is 1. The Kier molecular flexibility index (Phi) is 3.59. The normalized spacial score (nSPS) is 12.6. The number of thiophene rings is 1. The minimum absolute atomic E-state index is 0.188. The maximum atomic E-state index is 6.09. The Hall–Kier alpha value is -1.65. The van der Waals surface area contributed by atoms with E-state index in [-0.39, 0.29) is 6.04 Å². The molecule has 5 heteroatoms. The number of hydrogen-bond acceptors (Lipinski definition) is 4. The first-order valence-electron chi connectivity index (χ1n) is 6.39. The highest BCUT2D eigenvalue weighted by molar-refractivity contribution is 7.12. The van der Waals surface area contributed by atoms with Crippen LogP contribution < -0.4 is 5.32 Å². The highest BCUT2D eigenvalue weighted by Gasteiger charge is 2.12. The molecule has 20 heavy (non-hydrogen) atoms. The third-order valence-corrected chi connectivity index (χ3v) is 4.65. The Morgan fingerprint density at radius 3 is 2.55 bits per heavy atom. The number of rotatable bonds is 3. The van der Waals surface area contributed by atoms with Crippen molar-refractivity contribution in [2.24, 2.45) is 0 Å². The van der Waals surface area contributed by atoms with Crippen molar-refractivity contribution < 1.29 is 0 Å². The summed E-state index contributed by atoms with van der Waals surface area (Å²) in [6.45, 7) is 4.23. The molecule has 1 N–H and O–H groups in total. The van der Waals surface area contributed by atoms with Gasteiger partial charge in [0.1, 0.15) is 0 Å². The molecule has 1 atom stereocenters. The number of anilines is 1. The number of benzene rings is 1. The first-order valence-corrected chi connectivity index (χ1v) is 7.58. The molecule has 0 bridgehead atoms. The van der Waals surface area contributed by atoms with Crippen molar-refractivity contribution in [3.63, 3.8) is 0 Å². The standard InChI is InChI=1S/C15H14ClN3S/c1-9-7-8-13(20-9)10(2)17-15-12-6-4-3-5-11(12)14(16)18-19-15/h3-8,10H,1-2H3,(H,17,19). The second-order valence-corrected chi connectivity index (χ2v) is 6.38. The van der Waals surface area contributed by atoms with Crippen LogP contribution in [0.1, 0.15) is 22.7 Å². The van der Waals surface area contributed by atoms with Crippen molar-refractivity contribution >= 4 is 39.5 Å². The zero-order chi connectivity index (χ0) is 14.1. The molecule has 0 spiro atoms. The summed E-state index contributed by atoms with van der Waals surface area (Å²) in [6.07, 6.45) is 0. The van der Waals surface area contributed by atoms with Gasteiger partial charge < -0.3 is 5.32 Å². The molecule has 0 aliphatic rings. The summed E-state index contributed by atoms with van der Waals surface area (Å²) in [7, 11) is 0. The molecule has 3 aromatic rings. The van der Waals surface area contributed by atoms with Gasteiger partial charge in [0.15, 0.2) is 11.0 Å². The van der Waals surface area contributed by atoms with Gasteiger partial charge in [-0.05, 0) is 26.0 Å². The molecule has 102 valence electrons. The molecule has 0 aliphatic heterocycles. The Bertz CT molecular complexity index is 754. The van der Waals surface area contributed by atoms with Gasteiger partial charge in [-0.15, -0.1) is 21.5 Å². The van der Waals surface area contributed by atoms with Crippen molar-refractivity contribution in [1.29, 1.82) is 0 Å². The monoisotopic (exact) mass is 303 g/mol. The summed E-state index contributed by atoms with van der Waals surface area (Å²) >= 11 is 7.87. The van der Waals surface area contributed by atoms with E-state index in [0.29, 0.717) is 5.15 Å². The summed E-state index contributed by atoms with van der Waals surface area (Å²) in [5.41, 5.74) is 0. The minimum Gasteiger partial charge on any atom is -0.361 e. The summed E-state index contributed by atoms with van der Waals surface area (Å²) in [6, 6.07) is 12.3. The SMILES string of the molecule is Cc1ccc(C(C)Nc2nnc(Cl)c3ccccc23)s1. The molecule has 0 amide bonds. The predicted octanol–water partition coefficient (Wildman–Crippen LogP) is 4.83. The maximum Gasteiger partial charge on any atom is 0.159 e. The van der Waals surface area contributed by atoms with Crippen LogP contribution >= 0.6 is 22.9 Å². The Balaban J connectivity index is 1.97. The summed E-state index contributed by atoms with van der Waals surface area (Å²) in [4.78, 5) is 2.59. The van der Waals surface area contributed by atoms with Crippen LogP contribution in [0.3, 0.4) is 0 Å². The summed E-state index contributed by atoms with van der Waals surface area (Å²) < 4.78 is 0. The van der Waals surface area contributed by atoms with Crippen molar-refractivity contribution in [2.45, 2.75) is 19.9 Å². The van der Waals surface area contributed by atoms with Crippen LogP contribution in [0.5, 0.6) is 0 Å². The zero-order valence-electron chi connectivity index (χ0n) is 11.2. The largest absolute Gasteiger partial charge is 0.361 e. The molecule has 2 aromatic heterocycles. The van der Waals surface area contributed by atoms with E-state index in [1.807, 2.05) is 24.3 Å². The lowest BCUT2D eigenvalue weighted by Gasteiger charge is -2.14. The molecule has 2 heterocycles. The van der Waals surface area contributed by atoms with Gasteiger partial charge in [0, 0.05) is 20.5 Å². The van der Waals surface area contributed by atoms with Gasteiger partial charge in [0.25, 0.3) is 0 Å². The zero-order valence-corrected chi connectivity index (χ0v) is 12.8. The minimum atomic E-state index is 0.188. The van der Waals surface area contributed by atoms with Gasteiger partial charge in [-0.25, -0.2) is 0 Å². The number of aryl methyl sites for hydroxylation is 1. The topological polar surface area (TPSA) is 37.8 Å². The van der Waals surface area contributed by atoms with Crippen molar-refractivity contribution in [2.75, 3.05) is 5.32 Å². The van der Waals surface area contributed by atoms with E-state index in [0.717, 1.165) is 16.6 Å². The maximum absolute atomic E-state index is 6.09. The van der Waals surface area contributed by atoms with Gasteiger partial charge in [0.05, 0.1) is 6.04 Å². The fraction of sp³-hybridized carbons (Fsp3) is 0.200. The Morgan fingerprint density at radius 2 is 1.85 bits per heavy atom. The molecule has 0 saturated heterocycles. The summed E-state index contributed by atoms with van der Waals surface area (Å²) in [5, 5.41) is 14.0. The highest BCUT2D eigenvalue weighted by Crippen LogP contribution is 2.30. The number of nitrogens with one attached hydrogen (secondary N) is 1. The lowest BCUT2D eigenvalue weighted by molar-refractivity contribution is 0.885. The Labute approximate surface area is 126 Å². The molecule has 1 aromatic carbocycles. The van der Waals surface area contributed by atoms with E-state index in [9.17, 15) is 0 Å². The van der Waals surface area contributed by atoms with Gasteiger partial charge in [-0.3, -0.25) is 0 Å². The van der Waals surface area contributed by atoms with Crippen LogP contribution in [-0.2, 0) is 0 Å². The molecule has 0 radical (unpaired) electrons. The molecular formula is C15H14ClN3S. The molecule has 1 unspecified atom stereocenters. The molecular weight excluding hydrogens is 290 g/mol. The van der Waals surface area contributed by atoms with Gasteiger partial charge in [-0.1, -0.05) is 35.9 Å². The van der Waals surface area contributed by atoms with E-state index in [4.69, 9.17) is 11.6 Å². The number of fused-ring (bicyclic) bond motifs is 1. The van der Waals surface area contributed by atoms with Gasteiger partial charge >= 0.3 is 0 Å². The van der Waals surface area contributed by atoms with Crippen LogP contribution in [0.2, 0.25) is 5.15 Å². The van der Waals surface area contributed by atoms with Crippen LogP contribution in [0.4, 0.5) is 5.82 Å². The Morgan fingerprint density at radius 1 is 1.10 bits per heavy atom. The van der Waals surface area contributed by atoms with Crippen LogP contribution in [0.25, 0.3) is 10.8 Å². The van der Waals surface area contributed by atoms with Crippen LogP contribution in [0, 0.1) is 6.92 Å². The summed E-state index contributed by atoms with van der Waals surface area (Å²) in [5.74, 6) is 0.767. The van der Waals surface area contributed by atoms with Crippen molar-refractivity contribution in [3.8, 4) is 0 Å². The van der Waals surface area contributed by atoms with Gasteiger partial charge in [-0.2, -0.15) is 0 Å². The van der Waals surface area contributed by atoms with E-state index in [1.54, 1.807) is 11.3 Å². The molecule has 0 saturated carbocycles. The van der Waals surface area contributed by atoms with Crippen LogP contribution in [-0.4, -0.2) is 10.2 Å².